The third kappa shape index (κ3) is 3.13. The maximum absolute atomic E-state index is 13.2. The van der Waals surface area contributed by atoms with Gasteiger partial charge >= 0.3 is 0 Å². The van der Waals surface area contributed by atoms with Gasteiger partial charge in [0, 0.05) is 22.6 Å². The van der Waals surface area contributed by atoms with Crippen molar-refractivity contribution < 1.29 is 9.59 Å². The van der Waals surface area contributed by atoms with E-state index in [1.54, 1.807) is 53.2 Å². The number of aryl methyl sites for hydroxylation is 1. The van der Waals surface area contributed by atoms with Crippen molar-refractivity contribution in [3.05, 3.63) is 75.4 Å². The van der Waals surface area contributed by atoms with Crippen LogP contribution >= 0.6 is 23.2 Å². The minimum absolute atomic E-state index is 0.0597. The molecule has 1 unspecified atom stereocenters. The number of amides is 1. The highest BCUT2D eigenvalue weighted by Gasteiger charge is 2.36. The molecule has 2 aromatic carbocycles. The maximum Gasteiger partial charge on any atom is 0.226 e. The van der Waals surface area contributed by atoms with Crippen LogP contribution in [0.2, 0.25) is 10.0 Å². The second-order valence-electron chi connectivity index (χ2n) is 6.38. The number of aromatic nitrogens is 2. The second kappa shape index (κ2) is 6.83. The highest BCUT2D eigenvalue weighted by Crippen LogP contribution is 2.39. The van der Waals surface area contributed by atoms with Crippen molar-refractivity contribution in [3.8, 4) is 5.69 Å². The van der Waals surface area contributed by atoms with Gasteiger partial charge in [0.2, 0.25) is 5.91 Å². The normalized spacial score (nSPS) is 16.0. The van der Waals surface area contributed by atoms with Crippen LogP contribution in [-0.4, -0.2) is 21.5 Å². The predicted molar refractivity (Wildman–Crippen MR) is 105 cm³/mol. The Hall–Kier alpha value is -2.63. The van der Waals surface area contributed by atoms with Crippen LogP contribution < -0.4 is 5.32 Å². The van der Waals surface area contributed by atoms with Gasteiger partial charge in [-0.05, 0) is 43.3 Å². The van der Waals surface area contributed by atoms with E-state index in [1.165, 1.54) is 0 Å². The highest BCUT2D eigenvalue weighted by molar-refractivity contribution is 6.34. The van der Waals surface area contributed by atoms with Crippen LogP contribution in [0, 0.1) is 6.92 Å². The molecule has 0 radical (unpaired) electrons. The fraction of sp³-hybridized carbons (Fsp3) is 0.150. The Morgan fingerprint density at radius 1 is 1.15 bits per heavy atom. The number of nitrogens with one attached hydrogen (secondary N) is 1. The van der Waals surface area contributed by atoms with Gasteiger partial charge < -0.3 is 5.32 Å². The SMILES string of the molecule is Cc1nn(-c2ccc(Cl)cc2)c2c1C(C(=O)c1ccccc1Cl)CC(=O)N2. The number of anilines is 1. The third-order valence-corrected chi connectivity index (χ3v) is 5.21. The molecule has 27 heavy (non-hydrogen) atoms. The van der Waals surface area contributed by atoms with Gasteiger partial charge in [-0.1, -0.05) is 35.3 Å². The number of fused-ring (bicyclic) bond motifs is 1. The minimum atomic E-state index is -0.630. The summed E-state index contributed by atoms with van der Waals surface area (Å²) in [6.45, 7) is 1.83. The number of hydrogen-bond acceptors (Lipinski definition) is 3. The predicted octanol–water partition coefficient (Wildman–Crippen LogP) is 4.80. The molecule has 0 aliphatic carbocycles. The molecule has 1 aliphatic rings. The van der Waals surface area contributed by atoms with Gasteiger partial charge in [-0.15, -0.1) is 0 Å². The fourth-order valence-electron chi connectivity index (χ4n) is 3.39. The molecule has 4 rings (SSSR count). The quantitative estimate of drug-likeness (QED) is 0.643. The molecule has 1 aliphatic heterocycles. The lowest BCUT2D eigenvalue weighted by Gasteiger charge is -2.23. The highest BCUT2D eigenvalue weighted by atomic mass is 35.5. The lowest BCUT2D eigenvalue weighted by Crippen LogP contribution is -2.28. The molecule has 0 saturated heterocycles. The van der Waals surface area contributed by atoms with E-state index in [0.29, 0.717) is 27.1 Å². The third-order valence-electron chi connectivity index (χ3n) is 4.63. The Morgan fingerprint density at radius 2 is 1.85 bits per heavy atom. The van der Waals surface area contributed by atoms with Crippen molar-refractivity contribution in [3.63, 3.8) is 0 Å². The summed E-state index contributed by atoms with van der Waals surface area (Å²) in [5.41, 5.74) is 2.55. The van der Waals surface area contributed by atoms with Crippen LogP contribution in [0.4, 0.5) is 5.82 Å². The standard InChI is InChI=1S/C20H15Cl2N3O2/c1-11-18-15(19(27)14-4-2-3-5-16(14)22)10-17(26)23-20(18)25(24-11)13-8-6-12(21)7-9-13/h2-9,15H,10H2,1H3,(H,23,26). The van der Waals surface area contributed by atoms with E-state index in [0.717, 1.165) is 11.3 Å². The van der Waals surface area contributed by atoms with E-state index in [4.69, 9.17) is 23.2 Å². The number of halogens is 2. The van der Waals surface area contributed by atoms with E-state index in [2.05, 4.69) is 10.4 Å². The van der Waals surface area contributed by atoms with Gasteiger partial charge in [0.25, 0.3) is 0 Å². The molecule has 136 valence electrons. The molecule has 1 atom stereocenters. The number of Topliss-reactive ketones (excluding diaryl/α,β-unsaturated/α-hetero) is 1. The lowest BCUT2D eigenvalue weighted by atomic mass is 9.85. The second-order valence-corrected chi connectivity index (χ2v) is 7.23. The molecule has 0 saturated carbocycles. The molecular formula is C20H15Cl2N3O2. The average molecular weight is 400 g/mol. The van der Waals surface area contributed by atoms with Crippen LogP contribution in [0.25, 0.3) is 5.69 Å². The Balaban J connectivity index is 1.83. The zero-order valence-electron chi connectivity index (χ0n) is 14.4. The summed E-state index contributed by atoms with van der Waals surface area (Å²) in [7, 11) is 0. The topological polar surface area (TPSA) is 64.0 Å². The Bertz CT molecular complexity index is 1060. The molecule has 0 spiro atoms. The minimum Gasteiger partial charge on any atom is -0.310 e. The first-order valence-corrected chi connectivity index (χ1v) is 9.15. The van der Waals surface area contributed by atoms with Gasteiger partial charge in [-0.3, -0.25) is 9.59 Å². The zero-order chi connectivity index (χ0) is 19.1. The molecule has 0 bridgehead atoms. The van der Waals surface area contributed by atoms with Crippen molar-refractivity contribution >= 4 is 40.7 Å². The van der Waals surface area contributed by atoms with Crippen molar-refractivity contribution in [2.75, 3.05) is 5.32 Å². The number of rotatable bonds is 3. The van der Waals surface area contributed by atoms with Crippen molar-refractivity contribution in [1.82, 2.24) is 9.78 Å². The molecule has 0 fully saturated rings. The first kappa shape index (κ1) is 17.8. The zero-order valence-corrected chi connectivity index (χ0v) is 15.9. The van der Waals surface area contributed by atoms with Crippen LogP contribution in [0.15, 0.2) is 48.5 Å². The smallest absolute Gasteiger partial charge is 0.226 e. The molecular weight excluding hydrogens is 385 g/mol. The van der Waals surface area contributed by atoms with Crippen molar-refractivity contribution in [2.24, 2.45) is 0 Å². The number of nitrogens with zero attached hydrogens (tertiary/aromatic N) is 2. The molecule has 2 heterocycles. The van der Waals surface area contributed by atoms with E-state index >= 15 is 0 Å². The van der Waals surface area contributed by atoms with Crippen molar-refractivity contribution in [1.29, 1.82) is 0 Å². The summed E-state index contributed by atoms with van der Waals surface area (Å²) in [6, 6.07) is 14.0. The first-order chi connectivity index (χ1) is 13.0. The average Bonchev–Trinajstić information content (AvgIpc) is 2.98. The Labute approximate surface area is 165 Å². The first-order valence-electron chi connectivity index (χ1n) is 8.39. The maximum atomic E-state index is 13.2. The van der Waals surface area contributed by atoms with Gasteiger partial charge in [0.05, 0.1) is 22.3 Å². The Kier molecular flexibility index (Phi) is 4.50. The summed E-state index contributed by atoms with van der Waals surface area (Å²) >= 11 is 12.2. The number of ketones is 1. The largest absolute Gasteiger partial charge is 0.310 e. The van der Waals surface area contributed by atoms with E-state index in [-0.39, 0.29) is 18.1 Å². The number of benzene rings is 2. The fourth-order valence-corrected chi connectivity index (χ4v) is 3.74. The molecule has 1 N–H and O–H groups in total. The van der Waals surface area contributed by atoms with E-state index < -0.39 is 5.92 Å². The van der Waals surface area contributed by atoms with E-state index in [9.17, 15) is 9.59 Å². The van der Waals surface area contributed by atoms with Gasteiger partial charge in [0.1, 0.15) is 5.82 Å². The van der Waals surface area contributed by atoms with E-state index in [1.807, 2.05) is 6.92 Å². The van der Waals surface area contributed by atoms with Crippen LogP contribution in [0.5, 0.6) is 0 Å². The number of carbonyl (C=O) groups is 2. The summed E-state index contributed by atoms with van der Waals surface area (Å²) in [4.78, 5) is 25.5. The monoisotopic (exact) mass is 399 g/mol. The molecule has 7 heteroatoms. The van der Waals surface area contributed by atoms with Gasteiger partial charge in [-0.2, -0.15) is 5.10 Å². The van der Waals surface area contributed by atoms with Crippen molar-refractivity contribution in [2.45, 2.75) is 19.3 Å². The Morgan fingerprint density at radius 3 is 2.56 bits per heavy atom. The van der Waals surface area contributed by atoms with Crippen LogP contribution in [0.3, 0.4) is 0 Å². The molecule has 1 amide bonds. The number of hydrogen-bond donors (Lipinski definition) is 1. The molecule has 5 nitrogen and oxygen atoms in total. The molecule has 3 aromatic rings. The van der Waals surface area contributed by atoms with Gasteiger partial charge in [0.15, 0.2) is 5.78 Å². The number of carbonyl (C=O) groups excluding carboxylic acids is 2. The molecule has 1 aromatic heterocycles. The lowest BCUT2D eigenvalue weighted by molar-refractivity contribution is -0.116. The summed E-state index contributed by atoms with van der Waals surface area (Å²) in [6.07, 6.45) is 0.0597. The van der Waals surface area contributed by atoms with Gasteiger partial charge in [-0.25, -0.2) is 4.68 Å². The summed E-state index contributed by atoms with van der Waals surface area (Å²) in [5, 5.41) is 8.38. The van der Waals surface area contributed by atoms with Crippen LogP contribution in [0.1, 0.15) is 34.0 Å². The summed E-state index contributed by atoms with van der Waals surface area (Å²) < 4.78 is 1.63. The van der Waals surface area contributed by atoms with Crippen LogP contribution in [-0.2, 0) is 4.79 Å². The summed E-state index contributed by atoms with van der Waals surface area (Å²) in [5.74, 6) is -0.537.